The predicted molar refractivity (Wildman–Crippen MR) is 106 cm³/mol. The second-order valence-corrected chi connectivity index (χ2v) is 9.68. The smallest absolute Gasteiger partial charge is 0.284 e. The molecule has 0 radical (unpaired) electrons. The van der Waals surface area contributed by atoms with Crippen molar-refractivity contribution in [3.63, 3.8) is 0 Å². The van der Waals surface area contributed by atoms with E-state index in [1.165, 1.54) is 18.2 Å². The van der Waals surface area contributed by atoms with Crippen LogP contribution in [0.1, 0.15) is 58.3 Å². The van der Waals surface area contributed by atoms with Crippen molar-refractivity contribution in [2.45, 2.75) is 74.5 Å². The minimum absolute atomic E-state index is 0.0392. The van der Waals surface area contributed by atoms with Gasteiger partial charge in [0, 0.05) is 6.04 Å². The normalized spacial score (nSPS) is 23.7. The van der Waals surface area contributed by atoms with Crippen molar-refractivity contribution < 1.29 is 13.2 Å². The summed E-state index contributed by atoms with van der Waals surface area (Å²) in [6.07, 6.45) is 7.94. The molecular weight excluding hydrogens is 368 g/mol. The van der Waals surface area contributed by atoms with Crippen LogP contribution in [0.5, 0.6) is 0 Å². The van der Waals surface area contributed by atoms with Gasteiger partial charge in [0.05, 0.1) is 10.1 Å². The standard InChI is InChI=1S/C19H26N2O3S2/c1-2-3-14-17-18(22)21(15-10-6-4-7-11-15)19(25-17)20-26(23,24)16-12-8-5-9-13-16/h5,8-9,12-13,15,17H,2-4,6-7,10-11,14H2,1H3/b20-19+. The monoisotopic (exact) mass is 394 g/mol. The largest absolute Gasteiger partial charge is 0.287 e. The van der Waals surface area contributed by atoms with Crippen LogP contribution in [0.2, 0.25) is 0 Å². The van der Waals surface area contributed by atoms with Gasteiger partial charge in [-0.25, -0.2) is 0 Å². The third-order valence-electron chi connectivity index (χ3n) is 4.97. The van der Waals surface area contributed by atoms with Crippen LogP contribution in [-0.2, 0) is 14.8 Å². The highest BCUT2D eigenvalue weighted by Gasteiger charge is 2.42. The molecule has 2 aliphatic rings. The van der Waals surface area contributed by atoms with Gasteiger partial charge in [-0.05, 0) is 31.4 Å². The van der Waals surface area contributed by atoms with Crippen LogP contribution < -0.4 is 0 Å². The fraction of sp³-hybridized carbons (Fsp3) is 0.579. The van der Waals surface area contributed by atoms with Crippen molar-refractivity contribution in [1.29, 1.82) is 0 Å². The fourth-order valence-corrected chi connectivity index (χ4v) is 6.02. The van der Waals surface area contributed by atoms with Crippen LogP contribution in [0.4, 0.5) is 0 Å². The average Bonchev–Trinajstić information content (AvgIpc) is 2.96. The van der Waals surface area contributed by atoms with Crippen molar-refractivity contribution >= 4 is 32.9 Å². The molecule has 1 saturated heterocycles. The van der Waals surface area contributed by atoms with Crippen LogP contribution in [0.25, 0.3) is 0 Å². The van der Waals surface area contributed by atoms with E-state index >= 15 is 0 Å². The second-order valence-electron chi connectivity index (χ2n) is 6.91. The number of nitrogens with zero attached hydrogens (tertiary/aromatic N) is 2. The number of hydrogen-bond acceptors (Lipinski definition) is 4. The number of carbonyl (C=O) groups is 1. The first-order chi connectivity index (χ1) is 12.5. The second kappa shape index (κ2) is 8.57. The Morgan fingerprint density at radius 2 is 1.85 bits per heavy atom. The van der Waals surface area contributed by atoms with Crippen molar-refractivity contribution in [3.05, 3.63) is 30.3 Å². The predicted octanol–water partition coefficient (Wildman–Crippen LogP) is 4.20. The number of amides is 1. The van der Waals surface area contributed by atoms with Crippen molar-refractivity contribution in [2.75, 3.05) is 0 Å². The molecule has 0 bridgehead atoms. The topological polar surface area (TPSA) is 66.8 Å². The summed E-state index contributed by atoms with van der Waals surface area (Å²) in [5.41, 5.74) is 0. The number of unbranched alkanes of at least 4 members (excludes halogenated alkanes) is 1. The molecule has 1 atom stereocenters. The summed E-state index contributed by atoms with van der Waals surface area (Å²) in [5.74, 6) is 0.0392. The number of sulfonamides is 1. The molecule has 26 heavy (non-hydrogen) atoms. The van der Waals surface area contributed by atoms with Gasteiger partial charge in [0.15, 0.2) is 5.17 Å². The van der Waals surface area contributed by atoms with Crippen molar-refractivity contribution in [2.24, 2.45) is 4.40 Å². The zero-order valence-electron chi connectivity index (χ0n) is 15.1. The lowest BCUT2D eigenvalue weighted by atomic mass is 9.94. The maximum Gasteiger partial charge on any atom is 0.284 e. The molecule has 1 saturated carbocycles. The molecule has 142 valence electrons. The molecule has 0 N–H and O–H groups in total. The van der Waals surface area contributed by atoms with Gasteiger partial charge < -0.3 is 0 Å². The number of benzene rings is 1. The van der Waals surface area contributed by atoms with Crippen LogP contribution in [0.15, 0.2) is 39.6 Å². The zero-order chi connectivity index (χ0) is 18.6. The molecule has 0 spiro atoms. The van der Waals surface area contributed by atoms with E-state index in [0.29, 0.717) is 5.17 Å². The Bertz CT molecular complexity index is 756. The SMILES string of the molecule is CCCCC1S/C(=N/S(=O)(=O)c2ccccc2)N(C2CCCCC2)C1=O. The molecule has 7 heteroatoms. The van der Waals surface area contributed by atoms with Crippen LogP contribution in [-0.4, -0.2) is 35.7 Å². The van der Waals surface area contributed by atoms with Crippen molar-refractivity contribution in [3.8, 4) is 0 Å². The van der Waals surface area contributed by atoms with Gasteiger partial charge in [-0.15, -0.1) is 4.40 Å². The highest BCUT2D eigenvalue weighted by molar-refractivity contribution is 8.16. The van der Waals surface area contributed by atoms with Gasteiger partial charge in [0.25, 0.3) is 10.0 Å². The van der Waals surface area contributed by atoms with Gasteiger partial charge in [-0.2, -0.15) is 8.42 Å². The molecule has 3 rings (SSSR count). The van der Waals surface area contributed by atoms with Crippen molar-refractivity contribution in [1.82, 2.24) is 4.90 Å². The molecule has 5 nitrogen and oxygen atoms in total. The Hall–Kier alpha value is -1.34. The van der Waals surface area contributed by atoms with Gasteiger partial charge in [-0.1, -0.05) is 69.0 Å². The first-order valence-electron chi connectivity index (χ1n) is 9.42. The third-order valence-corrected chi connectivity index (χ3v) is 7.58. The first-order valence-corrected chi connectivity index (χ1v) is 11.7. The molecule has 1 aromatic rings. The van der Waals surface area contributed by atoms with Gasteiger partial charge in [-0.3, -0.25) is 9.69 Å². The number of rotatable bonds is 6. The Labute approximate surface area is 160 Å². The summed E-state index contributed by atoms with van der Waals surface area (Å²) in [6.45, 7) is 2.10. The lowest BCUT2D eigenvalue weighted by Crippen LogP contribution is -2.42. The van der Waals surface area contributed by atoms with E-state index in [-0.39, 0.29) is 22.1 Å². The number of thioether (sulfide) groups is 1. The average molecular weight is 395 g/mol. The zero-order valence-corrected chi connectivity index (χ0v) is 16.8. The van der Waals surface area contributed by atoms with E-state index in [1.54, 1.807) is 35.2 Å². The molecular formula is C19H26N2O3S2. The van der Waals surface area contributed by atoms with Gasteiger partial charge >= 0.3 is 0 Å². The molecule has 1 amide bonds. The Balaban J connectivity index is 1.92. The Morgan fingerprint density at radius 3 is 2.50 bits per heavy atom. The maximum atomic E-state index is 13.0. The van der Waals surface area contributed by atoms with E-state index in [1.807, 2.05) is 0 Å². The highest BCUT2D eigenvalue weighted by Crippen LogP contribution is 2.36. The maximum absolute atomic E-state index is 13.0. The summed E-state index contributed by atoms with van der Waals surface area (Å²) in [5, 5.41) is 0.161. The summed E-state index contributed by atoms with van der Waals surface area (Å²) in [7, 11) is -3.81. The molecule has 1 aliphatic carbocycles. The van der Waals surface area contributed by atoms with Crippen LogP contribution in [0, 0.1) is 0 Å². The minimum atomic E-state index is -3.81. The Morgan fingerprint density at radius 1 is 1.15 bits per heavy atom. The lowest BCUT2D eigenvalue weighted by Gasteiger charge is -2.30. The van der Waals surface area contributed by atoms with E-state index in [2.05, 4.69) is 11.3 Å². The van der Waals surface area contributed by atoms with Crippen LogP contribution >= 0.6 is 11.8 Å². The third kappa shape index (κ3) is 4.31. The summed E-state index contributed by atoms with van der Waals surface area (Å²) in [6, 6.07) is 8.31. The number of carbonyl (C=O) groups excluding carboxylic acids is 1. The quantitative estimate of drug-likeness (QED) is 0.725. The first kappa shape index (κ1) is 19.4. The van der Waals surface area contributed by atoms with Crippen LogP contribution in [0.3, 0.4) is 0 Å². The lowest BCUT2D eigenvalue weighted by molar-refractivity contribution is -0.128. The fourth-order valence-electron chi connectivity index (χ4n) is 3.54. The molecule has 1 aromatic carbocycles. The molecule has 1 aliphatic heterocycles. The van der Waals surface area contributed by atoms with E-state index in [0.717, 1.165) is 44.9 Å². The molecule has 1 unspecified atom stereocenters. The van der Waals surface area contributed by atoms with E-state index in [4.69, 9.17) is 0 Å². The Kier molecular flexibility index (Phi) is 6.40. The summed E-state index contributed by atoms with van der Waals surface area (Å²) < 4.78 is 29.5. The van der Waals surface area contributed by atoms with E-state index in [9.17, 15) is 13.2 Å². The molecule has 1 heterocycles. The number of amidine groups is 1. The van der Waals surface area contributed by atoms with E-state index < -0.39 is 10.0 Å². The van der Waals surface area contributed by atoms with Gasteiger partial charge in [0.2, 0.25) is 5.91 Å². The minimum Gasteiger partial charge on any atom is -0.287 e. The number of hydrogen-bond donors (Lipinski definition) is 0. The van der Waals surface area contributed by atoms with Gasteiger partial charge in [0.1, 0.15) is 0 Å². The summed E-state index contributed by atoms with van der Waals surface area (Å²) in [4.78, 5) is 14.8. The summed E-state index contributed by atoms with van der Waals surface area (Å²) >= 11 is 1.33. The molecule has 2 fully saturated rings. The highest BCUT2D eigenvalue weighted by atomic mass is 32.2. The molecule has 0 aromatic heterocycles.